The molecule has 0 saturated heterocycles. The van der Waals surface area contributed by atoms with Crippen LogP contribution in [0, 0.1) is 0 Å². The molecule has 3 amide bonds. The van der Waals surface area contributed by atoms with E-state index in [1.54, 1.807) is 18.6 Å². The molecular weight excluding hydrogens is 554 g/mol. The summed E-state index contributed by atoms with van der Waals surface area (Å²) in [5, 5.41) is 16.4. The molecule has 0 saturated carbocycles. The van der Waals surface area contributed by atoms with Crippen molar-refractivity contribution >= 4 is 23.7 Å². The Morgan fingerprint density at radius 1 is 0.930 bits per heavy atom. The normalized spacial score (nSPS) is 12.3. The number of aromatic nitrogens is 5. The summed E-state index contributed by atoms with van der Waals surface area (Å²) in [6.45, 7) is 4.80. The highest BCUT2D eigenvalue weighted by Gasteiger charge is 2.25. The highest BCUT2D eigenvalue weighted by atomic mass is 16.5. The second-order valence-electron chi connectivity index (χ2n) is 10.0. The first-order valence-corrected chi connectivity index (χ1v) is 14.1. The molecule has 0 bridgehead atoms. The maximum atomic E-state index is 12.9. The van der Waals surface area contributed by atoms with Gasteiger partial charge >= 0.3 is 5.97 Å². The molecule has 14 heteroatoms. The summed E-state index contributed by atoms with van der Waals surface area (Å²) < 4.78 is 6.08. The van der Waals surface area contributed by atoms with Gasteiger partial charge in [0.2, 0.25) is 17.7 Å². The fraction of sp³-hybridized carbons (Fsp3) is 0.448. The van der Waals surface area contributed by atoms with Crippen LogP contribution in [0.25, 0.3) is 0 Å². The number of amides is 3. The van der Waals surface area contributed by atoms with Gasteiger partial charge in [-0.25, -0.2) is 9.48 Å². The van der Waals surface area contributed by atoms with Crippen LogP contribution < -0.4 is 16.0 Å². The molecule has 0 fully saturated rings. The number of carbonyl (C=O) groups is 4. The molecule has 0 spiro atoms. The lowest BCUT2D eigenvalue weighted by atomic mass is 10.1. The van der Waals surface area contributed by atoms with Crippen LogP contribution in [-0.4, -0.2) is 79.3 Å². The standard InChI is InChI=1S/C29H39N9O5/c1-21(29(42)43-3)33-28(41)26(12-6-9-13-30-22(2)39)34-27(40)20-38-19-25(35-36-38)18-37(16-23-10-4-7-14-31-23)17-24-11-5-8-15-32-24/h4-5,7-8,10-11,14-15,19,21,26H,6,9,12-13,16-18,20H2,1-3H3,(H,30,39)(H,33,41)(H,34,40)/t21-,26+/m1/s1. The number of unbranched alkanes of at least 4 members (excludes halogenated alkanes) is 1. The molecule has 2 atom stereocenters. The molecule has 3 rings (SSSR count). The monoisotopic (exact) mass is 593 g/mol. The topological polar surface area (TPSA) is 173 Å². The first kappa shape index (κ1) is 32.8. The van der Waals surface area contributed by atoms with E-state index < -0.39 is 29.9 Å². The van der Waals surface area contributed by atoms with E-state index in [9.17, 15) is 19.2 Å². The van der Waals surface area contributed by atoms with E-state index >= 15 is 0 Å². The Kier molecular flexibility index (Phi) is 13.2. The van der Waals surface area contributed by atoms with Crippen molar-refractivity contribution in [3.63, 3.8) is 0 Å². The predicted molar refractivity (Wildman–Crippen MR) is 156 cm³/mol. The Hall–Kier alpha value is -4.72. The lowest BCUT2D eigenvalue weighted by Crippen LogP contribution is -2.51. The van der Waals surface area contributed by atoms with Crippen LogP contribution in [0.4, 0.5) is 0 Å². The molecule has 43 heavy (non-hydrogen) atoms. The van der Waals surface area contributed by atoms with Gasteiger partial charge in [-0.05, 0) is 50.5 Å². The number of ether oxygens (including phenoxy) is 1. The zero-order chi connectivity index (χ0) is 31.0. The molecular formula is C29H39N9O5. The van der Waals surface area contributed by atoms with Crippen LogP contribution >= 0.6 is 0 Å². The van der Waals surface area contributed by atoms with Gasteiger partial charge < -0.3 is 20.7 Å². The number of methoxy groups -OCH3 is 1. The number of rotatable bonds is 17. The summed E-state index contributed by atoms with van der Waals surface area (Å²) >= 11 is 0. The fourth-order valence-corrected chi connectivity index (χ4v) is 4.27. The smallest absolute Gasteiger partial charge is 0.328 e. The number of hydrogen-bond donors (Lipinski definition) is 3. The third kappa shape index (κ3) is 12.0. The molecule has 230 valence electrons. The number of hydrogen-bond acceptors (Lipinski definition) is 10. The highest BCUT2D eigenvalue weighted by Crippen LogP contribution is 2.11. The van der Waals surface area contributed by atoms with Gasteiger partial charge in [-0.2, -0.15) is 0 Å². The van der Waals surface area contributed by atoms with Gasteiger partial charge in [-0.15, -0.1) is 5.10 Å². The Labute approximate surface area is 250 Å². The molecule has 0 aromatic carbocycles. The highest BCUT2D eigenvalue weighted by molar-refractivity contribution is 5.90. The molecule has 14 nitrogen and oxygen atoms in total. The third-order valence-corrected chi connectivity index (χ3v) is 6.36. The molecule has 3 N–H and O–H groups in total. The van der Waals surface area contributed by atoms with Crippen molar-refractivity contribution < 1.29 is 23.9 Å². The average molecular weight is 594 g/mol. The molecule has 3 aromatic rings. The van der Waals surface area contributed by atoms with Crippen molar-refractivity contribution in [1.29, 1.82) is 0 Å². The number of pyridine rings is 2. The van der Waals surface area contributed by atoms with Gasteiger partial charge in [-0.3, -0.25) is 29.3 Å². The minimum absolute atomic E-state index is 0.140. The van der Waals surface area contributed by atoms with E-state index in [1.807, 2.05) is 36.4 Å². The Morgan fingerprint density at radius 3 is 2.16 bits per heavy atom. The number of carbonyl (C=O) groups excluding carboxylic acids is 4. The molecule has 0 aliphatic rings. The Bertz CT molecular complexity index is 1280. The van der Waals surface area contributed by atoms with Gasteiger partial charge in [0.1, 0.15) is 18.6 Å². The van der Waals surface area contributed by atoms with Crippen molar-refractivity contribution in [2.75, 3.05) is 13.7 Å². The van der Waals surface area contributed by atoms with E-state index in [0.29, 0.717) is 51.1 Å². The van der Waals surface area contributed by atoms with Crippen LogP contribution in [0.15, 0.2) is 55.0 Å². The van der Waals surface area contributed by atoms with Crippen LogP contribution in [0.1, 0.15) is 50.2 Å². The number of nitrogens with zero attached hydrogens (tertiary/aromatic N) is 6. The molecule has 0 aliphatic carbocycles. The molecule has 0 unspecified atom stereocenters. The van der Waals surface area contributed by atoms with Gasteiger partial charge in [0.05, 0.1) is 30.4 Å². The van der Waals surface area contributed by atoms with Crippen molar-refractivity contribution in [3.05, 3.63) is 72.1 Å². The summed E-state index contributed by atoms with van der Waals surface area (Å²) in [6, 6.07) is 9.72. The summed E-state index contributed by atoms with van der Waals surface area (Å²) in [5.41, 5.74) is 2.44. The second kappa shape index (κ2) is 17.3. The molecule has 3 aromatic heterocycles. The van der Waals surface area contributed by atoms with E-state index in [1.165, 1.54) is 25.6 Å². The van der Waals surface area contributed by atoms with Gasteiger partial charge in [0.15, 0.2) is 0 Å². The third-order valence-electron chi connectivity index (χ3n) is 6.36. The SMILES string of the molecule is COC(=O)[C@@H](C)NC(=O)[C@H](CCCCNC(C)=O)NC(=O)Cn1cc(CN(Cc2ccccn2)Cc2ccccn2)nn1. The number of nitrogens with one attached hydrogen (secondary N) is 3. The minimum atomic E-state index is -0.896. The predicted octanol–water partition coefficient (Wildman–Crippen LogP) is 0.739. The van der Waals surface area contributed by atoms with Crippen LogP contribution in [-0.2, 0) is 50.1 Å². The molecule has 0 radical (unpaired) electrons. The average Bonchev–Trinajstić information content (AvgIpc) is 3.42. The number of esters is 1. The van der Waals surface area contributed by atoms with Gasteiger partial charge in [0, 0.05) is 45.5 Å². The maximum Gasteiger partial charge on any atom is 0.328 e. The second-order valence-corrected chi connectivity index (χ2v) is 10.0. The summed E-state index contributed by atoms with van der Waals surface area (Å²) in [7, 11) is 1.23. The van der Waals surface area contributed by atoms with Gasteiger partial charge in [0.25, 0.3) is 0 Å². The van der Waals surface area contributed by atoms with Crippen molar-refractivity contribution in [3.8, 4) is 0 Å². The van der Waals surface area contributed by atoms with Crippen LogP contribution in [0.2, 0.25) is 0 Å². The molecule has 3 heterocycles. The first-order chi connectivity index (χ1) is 20.7. The Balaban J connectivity index is 1.61. The van der Waals surface area contributed by atoms with E-state index in [-0.39, 0.29) is 12.5 Å². The van der Waals surface area contributed by atoms with Crippen LogP contribution in [0.3, 0.4) is 0 Å². The van der Waals surface area contributed by atoms with E-state index in [0.717, 1.165) is 11.4 Å². The van der Waals surface area contributed by atoms with E-state index in [4.69, 9.17) is 0 Å². The fourth-order valence-electron chi connectivity index (χ4n) is 4.27. The van der Waals surface area contributed by atoms with E-state index in [2.05, 4.69) is 45.9 Å². The lowest BCUT2D eigenvalue weighted by molar-refractivity contribution is -0.144. The first-order valence-electron chi connectivity index (χ1n) is 14.1. The Morgan fingerprint density at radius 2 is 1.58 bits per heavy atom. The minimum Gasteiger partial charge on any atom is -0.467 e. The zero-order valence-corrected chi connectivity index (χ0v) is 24.7. The largest absolute Gasteiger partial charge is 0.467 e. The maximum absolute atomic E-state index is 12.9. The quantitative estimate of drug-likeness (QED) is 0.150. The zero-order valence-electron chi connectivity index (χ0n) is 24.7. The summed E-state index contributed by atoms with van der Waals surface area (Å²) in [4.78, 5) is 59.7. The molecule has 0 aliphatic heterocycles. The van der Waals surface area contributed by atoms with Crippen molar-refractivity contribution in [1.82, 2.24) is 45.8 Å². The van der Waals surface area contributed by atoms with Gasteiger partial charge in [-0.1, -0.05) is 17.3 Å². The van der Waals surface area contributed by atoms with Crippen molar-refractivity contribution in [2.24, 2.45) is 0 Å². The summed E-state index contributed by atoms with van der Waals surface area (Å²) in [5.74, 6) is -1.69. The lowest BCUT2D eigenvalue weighted by Gasteiger charge is -2.21. The van der Waals surface area contributed by atoms with Crippen LogP contribution in [0.5, 0.6) is 0 Å². The summed E-state index contributed by atoms with van der Waals surface area (Å²) in [6.07, 6.45) is 6.66. The van der Waals surface area contributed by atoms with Crippen molar-refractivity contribution in [2.45, 2.75) is 71.4 Å².